The van der Waals surface area contributed by atoms with Crippen molar-refractivity contribution < 1.29 is 27.6 Å². The van der Waals surface area contributed by atoms with Crippen LogP contribution in [0.4, 0.5) is 0 Å². The lowest BCUT2D eigenvalue weighted by atomic mass is 10.1. The van der Waals surface area contributed by atoms with Crippen molar-refractivity contribution in [1.29, 1.82) is 0 Å². The highest BCUT2D eigenvalue weighted by Gasteiger charge is 2.19. The van der Waals surface area contributed by atoms with Crippen LogP contribution in [0.2, 0.25) is 0 Å². The zero-order valence-corrected chi connectivity index (χ0v) is 10.2. The molecule has 1 aromatic rings. The fraction of sp³-hybridized carbons (Fsp3) is 0.111. The van der Waals surface area contributed by atoms with Gasteiger partial charge in [0.2, 0.25) is 0 Å². The van der Waals surface area contributed by atoms with Crippen LogP contribution in [-0.2, 0) is 3.07 Å². The van der Waals surface area contributed by atoms with Crippen molar-refractivity contribution in [3.63, 3.8) is 0 Å². The van der Waals surface area contributed by atoms with E-state index in [1.165, 1.54) is 7.11 Å². The molecule has 0 aliphatic heterocycles. The second-order valence-corrected chi connectivity index (χ2v) is 4.25. The van der Waals surface area contributed by atoms with E-state index in [4.69, 9.17) is 14.9 Å². The van der Waals surface area contributed by atoms with E-state index in [9.17, 15) is 12.7 Å². The molecule has 0 spiro atoms. The minimum Gasteiger partial charge on any atom is -0.495 e. The molecule has 0 atom stereocenters. The molecular weight excluding hydrogens is 331 g/mol. The number of carbonyl (C=O) groups is 2. The van der Waals surface area contributed by atoms with Gasteiger partial charge in [-0.1, -0.05) is 0 Å². The van der Waals surface area contributed by atoms with Gasteiger partial charge in [-0.3, -0.25) is 3.07 Å². The summed E-state index contributed by atoms with van der Waals surface area (Å²) in [7, 11) is 1.26. The number of benzene rings is 1. The van der Waals surface area contributed by atoms with E-state index < -0.39 is 33.1 Å². The molecule has 0 heterocycles. The average molecular weight is 338 g/mol. The summed E-state index contributed by atoms with van der Waals surface area (Å²) in [5.41, 5.74) is -0.505. The molecule has 0 radical (unpaired) electrons. The largest absolute Gasteiger partial charge is 0.495 e. The van der Waals surface area contributed by atoms with Gasteiger partial charge in [-0.15, -0.1) is 0 Å². The highest BCUT2D eigenvalue weighted by molar-refractivity contribution is 14.1. The Kier molecular flexibility index (Phi) is 3.93. The minimum absolute atomic E-state index is 0.0279. The molecule has 0 aliphatic rings. The molecule has 0 saturated carbocycles. The Bertz CT molecular complexity index is 467. The summed E-state index contributed by atoms with van der Waals surface area (Å²) in [4.78, 5) is 21.6. The number of hydrogen-bond donors (Lipinski definition) is 2. The molecule has 16 heavy (non-hydrogen) atoms. The number of aromatic carboxylic acids is 2. The number of hydrogen-bond acceptors (Lipinski definition) is 4. The van der Waals surface area contributed by atoms with Gasteiger partial charge in [0.15, 0.2) is 21.2 Å². The molecule has 0 bridgehead atoms. The SMILES string of the molecule is COc1cc(C(=O)O)cc(C(=O)O)c1I=O. The summed E-state index contributed by atoms with van der Waals surface area (Å²) >= 11 is -1.76. The van der Waals surface area contributed by atoms with Gasteiger partial charge >= 0.3 is 11.9 Å². The van der Waals surface area contributed by atoms with Crippen LogP contribution in [0.3, 0.4) is 0 Å². The fourth-order valence-corrected chi connectivity index (χ4v) is 2.32. The Morgan fingerprint density at radius 1 is 1.25 bits per heavy atom. The molecule has 0 fully saturated rings. The van der Waals surface area contributed by atoms with Gasteiger partial charge in [-0.25, -0.2) is 9.59 Å². The molecular formula is C9H7IO6. The fourth-order valence-electron chi connectivity index (χ4n) is 1.11. The van der Waals surface area contributed by atoms with E-state index in [-0.39, 0.29) is 20.4 Å². The van der Waals surface area contributed by atoms with Gasteiger partial charge in [0, 0.05) is 0 Å². The van der Waals surface area contributed by atoms with E-state index in [0.29, 0.717) is 0 Å². The summed E-state index contributed by atoms with van der Waals surface area (Å²) in [6.07, 6.45) is 0. The van der Waals surface area contributed by atoms with Crippen LogP contribution in [-0.4, -0.2) is 29.3 Å². The van der Waals surface area contributed by atoms with Gasteiger partial charge in [-0.2, -0.15) is 0 Å². The molecule has 2 N–H and O–H groups in total. The summed E-state index contributed by atoms with van der Waals surface area (Å²) < 4.78 is 15.8. The van der Waals surface area contributed by atoms with E-state index in [1.807, 2.05) is 0 Å². The first-order valence-electron chi connectivity index (χ1n) is 3.97. The zero-order valence-electron chi connectivity index (χ0n) is 8.06. The van der Waals surface area contributed by atoms with Crippen molar-refractivity contribution in [3.05, 3.63) is 26.8 Å². The van der Waals surface area contributed by atoms with Gasteiger partial charge in [0.25, 0.3) is 0 Å². The summed E-state index contributed by atoms with van der Waals surface area (Å²) in [6.45, 7) is 0. The van der Waals surface area contributed by atoms with Crippen LogP contribution in [0, 0.1) is 3.57 Å². The van der Waals surface area contributed by atoms with E-state index >= 15 is 0 Å². The summed E-state index contributed by atoms with van der Waals surface area (Å²) in [6, 6.07) is 2.13. The van der Waals surface area contributed by atoms with Gasteiger partial charge in [0.05, 0.1) is 18.2 Å². The normalized spacial score (nSPS) is 9.81. The predicted molar refractivity (Wildman–Crippen MR) is 60.3 cm³/mol. The Labute approximate surface area is 100 Å². The molecule has 1 rings (SSSR count). The molecule has 0 amide bonds. The molecule has 0 aromatic heterocycles. The molecule has 0 saturated heterocycles. The average Bonchev–Trinajstić information content (AvgIpc) is 2.26. The molecule has 7 heteroatoms. The number of carboxylic acids is 2. The Hall–Kier alpha value is -1.51. The quantitative estimate of drug-likeness (QED) is 0.809. The number of halogens is 1. The Morgan fingerprint density at radius 2 is 1.88 bits per heavy atom. The van der Waals surface area contributed by atoms with Crippen LogP contribution >= 0.6 is 21.2 Å². The van der Waals surface area contributed by atoms with E-state index in [1.54, 1.807) is 0 Å². The van der Waals surface area contributed by atoms with Crippen molar-refractivity contribution in [2.45, 2.75) is 0 Å². The second-order valence-electron chi connectivity index (χ2n) is 2.73. The van der Waals surface area contributed by atoms with Crippen LogP contribution in [0.25, 0.3) is 0 Å². The van der Waals surface area contributed by atoms with Gasteiger partial charge in [0.1, 0.15) is 9.32 Å². The lowest BCUT2D eigenvalue weighted by Crippen LogP contribution is -2.06. The molecule has 0 aliphatic carbocycles. The van der Waals surface area contributed by atoms with Gasteiger partial charge < -0.3 is 14.9 Å². The van der Waals surface area contributed by atoms with Crippen molar-refractivity contribution in [1.82, 2.24) is 0 Å². The zero-order chi connectivity index (χ0) is 12.3. The van der Waals surface area contributed by atoms with Crippen LogP contribution in [0.5, 0.6) is 5.75 Å². The molecule has 6 nitrogen and oxygen atoms in total. The Balaban J connectivity index is 3.55. The number of ether oxygens (including phenoxy) is 1. The summed E-state index contributed by atoms with van der Waals surface area (Å²) in [5, 5.41) is 17.6. The van der Waals surface area contributed by atoms with Crippen LogP contribution < -0.4 is 4.74 Å². The lowest BCUT2D eigenvalue weighted by Gasteiger charge is -2.07. The topological polar surface area (TPSA) is 101 Å². The third-order valence-corrected chi connectivity index (χ3v) is 3.37. The van der Waals surface area contributed by atoms with Crippen LogP contribution in [0.1, 0.15) is 20.7 Å². The van der Waals surface area contributed by atoms with E-state index in [0.717, 1.165) is 12.1 Å². The molecule has 86 valence electrons. The first-order valence-corrected chi connectivity index (χ1v) is 5.93. The standard InChI is InChI=1S/C9H7IO6/c1-16-6-3-4(8(11)12)2-5(9(13)14)7(6)10-15/h2-3H,1H3,(H,11,12)(H,13,14). The third-order valence-electron chi connectivity index (χ3n) is 1.81. The smallest absolute Gasteiger partial charge is 0.337 e. The minimum atomic E-state index is -1.76. The van der Waals surface area contributed by atoms with Gasteiger partial charge in [-0.05, 0) is 12.1 Å². The lowest BCUT2D eigenvalue weighted by molar-refractivity contribution is 0.0695. The number of rotatable bonds is 4. The highest BCUT2D eigenvalue weighted by atomic mass is 127. The summed E-state index contributed by atoms with van der Waals surface area (Å²) in [5.74, 6) is -2.57. The molecule has 1 aromatic carbocycles. The van der Waals surface area contributed by atoms with E-state index in [2.05, 4.69) is 0 Å². The first-order chi connectivity index (χ1) is 7.51. The Morgan fingerprint density at radius 3 is 2.25 bits per heavy atom. The van der Waals surface area contributed by atoms with Crippen molar-refractivity contribution in [2.24, 2.45) is 0 Å². The van der Waals surface area contributed by atoms with Crippen LogP contribution in [0.15, 0.2) is 12.1 Å². The maximum absolute atomic E-state index is 10.9. The maximum atomic E-state index is 10.9. The van der Waals surface area contributed by atoms with Crippen molar-refractivity contribution in [3.8, 4) is 5.75 Å². The third kappa shape index (κ3) is 2.35. The monoisotopic (exact) mass is 338 g/mol. The highest BCUT2D eigenvalue weighted by Crippen LogP contribution is 2.29. The van der Waals surface area contributed by atoms with Crippen molar-refractivity contribution in [2.75, 3.05) is 7.11 Å². The maximum Gasteiger partial charge on any atom is 0.337 e. The first kappa shape index (κ1) is 12.6. The number of methoxy groups -OCH3 is 1. The second kappa shape index (κ2) is 5.01. The molecule has 0 unspecified atom stereocenters. The van der Waals surface area contributed by atoms with Crippen molar-refractivity contribution >= 4 is 33.1 Å². The predicted octanol–water partition coefficient (Wildman–Crippen LogP) is 1.58. The number of carboxylic acid groups (broad SMARTS) is 2.